The molecule has 1 aliphatic carbocycles. The molecule has 0 aliphatic heterocycles. The second kappa shape index (κ2) is 8.90. The first kappa shape index (κ1) is 21.2. The number of hydrogen-bond acceptors (Lipinski definition) is 4. The maximum atomic E-state index is 12.7. The smallest absolute Gasteiger partial charge is 0.311 e. The molecule has 1 fully saturated rings. The van der Waals surface area contributed by atoms with E-state index in [-0.39, 0.29) is 21.7 Å². The Morgan fingerprint density at radius 1 is 1.17 bits per heavy atom. The SMILES string of the molecule is CC1(C)C(C=C(Cl)Cl)CC1C(=O)OC(C#N)c1cccc(Oc2ccccc2)c1. The summed E-state index contributed by atoms with van der Waals surface area (Å²) in [6.07, 6.45) is 1.33. The van der Waals surface area contributed by atoms with Gasteiger partial charge in [0.2, 0.25) is 6.10 Å². The topological polar surface area (TPSA) is 59.3 Å². The summed E-state index contributed by atoms with van der Waals surface area (Å²) in [5.74, 6) is 0.620. The van der Waals surface area contributed by atoms with E-state index in [4.69, 9.17) is 32.7 Å². The number of benzene rings is 2. The minimum atomic E-state index is -1.01. The van der Waals surface area contributed by atoms with Crippen LogP contribution < -0.4 is 4.74 Å². The van der Waals surface area contributed by atoms with Crippen LogP contribution in [0.15, 0.2) is 65.2 Å². The van der Waals surface area contributed by atoms with Crippen LogP contribution >= 0.6 is 23.2 Å². The predicted molar refractivity (Wildman–Crippen MR) is 113 cm³/mol. The van der Waals surface area contributed by atoms with Crippen molar-refractivity contribution in [3.8, 4) is 17.6 Å². The number of allylic oxidation sites excluding steroid dienone is 1. The van der Waals surface area contributed by atoms with Gasteiger partial charge in [0.15, 0.2) is 0 Å². The Balaban J connectivity index is 1.69. The van der Waals surface area contributed by atoms with Crippen molar-refractivity contribution in [2.45, 2.75) is 26.4 Å². The van der Waals surface area contributed by atoms with E-state index in [1.54, 1.807) is 30.3 Å². The van der Waals surface area contributed by atoms with E-state index in [2.05, 4.69) is 6.07 Å². The number of carbonyl (C=O) groups is 1. The van der Waals surface area contributed by atoms with Gasteiger partial charge in [-0.25, -0.2) is 0 Å². The summed E-state index contributed by atoms with van der Waals surface area (Å²) in [5.41, 5.74) is 0.219. The fourth-order valence-electron chi connectivity index (χ4n) is 3.53. The molecule has 0 heterocycles. The average Bonchev–Trinajstić information content (AvgIpc) is 2.69. The van der Waals surface area contributed by atoms with Gasteiger partial charge in [0.1, 0.15) is 22.1 Å². The van der Waals surface area contributed by atoms with Gasteiger partial charge in [-0.2, -0.15) is 5.26 Å². The van der Waals surface area contributed by atoms with Crippen molar-refractivity contribution in [3.63, 3.8) is 0 Å². The molecule has 2 aromatic rings. The zero-order chi connectivity index (χ0) is 21.0. The van der Waals surface area contributed by atoms with Gasteiger partial charge >= 0.3 is 5.97 Å². The van der Waals surface area contributed by atoms with Crippen LogP contribution in [0.25, 0.3) is 0 Å². The van der Waals surface area contributed by atoms with Crippen molar-refractivity contribution < 1.29 is 14.3 Å². The van der Waals surface area contributed by atoms with E-state index in [1.807, 2.05) is 44.2 Å². The first-order chi connectivity index (χ1) is 13.8. The van der Waals surface area contributed by atoms with Crippen molar-refractivity contribution in [1.82, 2.24) is 0 Å². The molecule has 0 radical (unpaired) electrons. The van der Waals surface area contributed by atoms with Crippen LogP contribution in [0.3, 0.4) is 0 Å². The number of carbonyl (C=O) groups excluding carboxylic acids is 1. The number of rotatable bonds is 6. The summed E-state index contributed by atoms with van der Waals surface area (Å²) in [6, 6.07) is 18.4. The van der Waals surface area contributed by atoms with Gasteiger partial charge in [0, 0.05) is 5.56 Å². The van der Waals surface area contributed by atoms with E-state index in [9.17, 15) is 10.1 Å². The van der Waals surface area contributed by atoms with Crippen LogP contribution in [0.5, 0.6) is 11.5 Å². The Hall–Kier alpha value is -2.48. The number of hydrogen-bond donors (Lipinski definition) is 0. The molecule has 2 aromatic carbocycles. The highest BCUT2D eigenvalue weighted by molar-refractivity contribution is 6.55. The minimum absolute atomic E-state index is 0.0909. The molecular formula is C23H21Cl2NO3. The molecule has 29 heavy (non-hydrogen) atoms. The van der Waals surface area contributed by atoms with Gasteiger partial charge < -0.3 is 9.47 Å². The molecule has 1 saturated carbocycles. The number of nitriles is 1. The van der Waals surface area contributed by atoms with Gasteiger partial charge in [-0.3, -0.25) is 4.79 Å². The second-order valence-electron chi connectivity index (χ2n) is 7.61. The molecule has 150 valence electrons. The maximum absolute atomic E-state index is 12.7. The zero-order valence-electron chi connectivity index (χ0n) is 16.1. The summed E-state index contributed by atoms with van der Waals surface area (Å²) in [7, 11) is 0. The Morgan fingerprint density at radius 3 is 2.48 bits per heavy atom. The van der Waals surface area contributed by atoms with E-state index >= 15 is 0 Å². The lowest BCUT2D eigenvalue weighted by Crippen LogP contribution is -2.48. The van der Waals surface area contributed by atoms with Gasteiger partial charge in [-0.05, 0) is 42.0 Å². The quantitative estimate of drug-likeness (QED) is 0.487. The Bertz CT molecular complexity index is 946. The first-order valence-corrected chi connectivity index (χ1v) is 10.0. The van der Waals surface area contributed by atoms with E-state index < -0.39 is 12.1 Å². The van der Waals surface area contributed by atoms with Gasteiger partial charge in [0.25, 0.3) is 0 Å². The monoisotopic (exact) mass is 429 g/mol. The molecule has 0 bridgehead atoms. The summed E-state index contributed by atoms with van der Waals surface area (Å²) in [5, 5.41) is 9.57. The third-order valence-corrected chi connectivity index (χ3v) is 5.70. The predicted octanol–water partition coefficient (Wildman–Crippen LogP) is 6.57. The third kappa shape index (κ3) is 4.93. The molecule has 0 amide bonds. The standard InChI is InChI=1S/C23H21Cl2NO3/c1-23(2)16(13-21(24)25)12-19(23)22(27)29-20(14-26)15-7-6-10-18(11-15)28-17-8-4-3-5-9-17/h3-11,13,16,19-20H,12H2,1-2H3. The molecule has 3 atom stereocenters. The Morgan fingerprint density at radius 2 is 1.86 bits per heavy atom. The average molecular weight is 430 g/mol. The summed E-state index contributed by atoms with van der Waals surface area (Å²) < 4.78 is 11.5. The van der Waals surface area contributed by atoms with Crippen LogP contribution in [0, 0.1) is 28.6 Å². The molecule has 1 aliphatic rings. The molecule has 3 rings (SSSR count). The van der Waals surface area contributed by atoms with Crippen molar-refractivity contribution in [2.24, 2.45) is 17.3 Å². The zero-order valence-corrected chi connectivity index (χ0v) is 17.7. The highest BCUT2D eigenvalue weighted by atomic mass is 35.5. The molecule has 4 nitrogen and oxygen atoms in total. The lowest BCUT2D eigenvalue weighted by atomic mass is 9.55. The number of esters is 1. The fraction of sp³-hybridized carbons (Fsp3) is 0.304. The van der Waals surface area contributed by atoms with Crippen LogP contribution in [-0.2, 0) is 9.53 Å². The highest BCUT2D eigenvalue weighted by Gasteiger charge is 2.52. The van der Waals surface area contributed by atoms with Crippen molar-refractivity contribution >= 4 is 29.2 Å². The van der Waals surface area contributed by atoms with Crippen molar-refractivity contribution in [2.75, 3.05) is 0 Å². The molecular weight excluding hydrogens is 409 g/mol. The van der Waals surface area contributed by atoms with Crippen LogP contribution in [0.2, 0.25) is 0 Å². The maximum Gasteiger partial charge on any atom is 0.311 e. The molecule has 0 saturated heterocycles. The summed E-state index contributed by atoms with van der Waals surface area (Å²) in [6.45, 7) is 3.94. The van der Waals surface area contributed by atoms with Gasteiger partial charge in [0.05, 0.1) is 5.92 Å². The highest BCUT2D eigenvalue weighted by Crippen LogP contribution is 2.53. The van der Waals surface area contributed by atoms with Crippen molar-refractivity contribution in [3.05, 3.63) is 70.7 Å². The molecule has 3 unspecified atom stereocenters. The largest absolute Gasteiger partial charge is 0.457 e. The van der Waals surface area contributed by atoms with Crippen molar-refractivity contribution in [1.29, 1.82) is 5.26 Å². The normalized spacial score (nSPS) is 20.5. The fourth-order valence-corrected chi connectivity index (χ4v) is 3.83. The van der Waals surface area contributed by atoms with Crippen LogP contribution in [-0.4, -0.2) is 5.97 Å². The number of nitrogens with zero attached hydrogens (tertiary/aromatic N) is 1. The van der Waals surface area contributed by atoms with E-state index in [0.717, 1.165) is 0 Å². The summed E-state index contributed by atoms with van der Waals surface area (Å²) >= 11 is 11.5. The van der Waals surface area contributed by atoms with E-state index in [1.165, 1.54) is 0 Å². The molecule has 0 aromatic heterocycles. The number of ether oxygens (including phenoxy) is 2. The summed E-state index contributed by atoms with van der Waals surface area (Å²) in [4.78, 5) is 12.7. The Kier molecular flexibility index (Phi) is 6.52. The van der Waals surface area contributed by atoms with Gasteiger partial charge in [-0.15, -0.1) is 0 Å². The number of halogens is 2. The van der Waals surface area contributed by atoms with Gasteiger partial charge in [-0.1, -0.05) is 73.5 Å². The second-order valence-corrected chi connectivity index (χ2v) is 8.61. The molecule has 6 heteroatoms. The first-order valence-electron chi connectivity index (χ1n) is 9.27. The van der Waals surface area contributed by atoms with Crippen LogP contribution in [0.4, 0.5) is 0 Å². The van der Waals surface area contributed by atoms with E-state index in [0.29, 0.717) is 23.5 Å². The number of para-hydroxylation sites is 1. The molecule has 0 N–H and O–H groups in total. The molecule has 0 spiro atoms. The Labute approximate surface area is 180 Å². The third-order valence-electron chi connectivity index (χ3n) is 5.45. The van der Waals surface area contributed by atoms with Crippen LogP contribution in [0.1, 0.15) is 31.9 Å². The lowest BCUT2D eigenvalue weighted by Gasteiger charge is -2.49. The minimum Gasteiger partial charge on any atom is -0.457 e. The lowest BCUT2D eigenvalue weighted by molar-refractivity contribution is -0.166.